The van der Waals surface area contributed by atoms with Crippen LogP contribution in [0.25, 0.3) is 11.0 Å². The summed E-state index contributed by atoms with van der Waals surface area (Å²) in [5, 5.41) is 11.8. The molecule has 0 atom stereocenters. The molecule has 0 radical (unpaired) electrons. The Hall–Kier alpha value is -1.42. The third-order valence-corrected chi connectivity index (χ3v) is 4.14. The lowest BCUT2D eigenvalue weighted by molar-refractivity contribution is 0.488. The SMILES string of the molecule is CCCCCCCCCCCNCn1nnc2ccccc21. The Bertz CT molecular complexity index is 521. The molecule has 0 bridgehead atoms. The molecule has 0 saturated carbocycles. The van der Waals surface area contributed by atoms with Crippen molar-refractivity contribution >= 4 is 11.0 Å². The van der Waals surface area contributed by atoms with E-state index in [1.54, 1.807) is 0 Å². The van der Waals surface area contributed by atoms with Gasteiger partial charge < -0.3 is 0 Å². The third-order valence-electron chi connectivity index (χ3n) is 4.14. The van der Waals surface area contributed by atoms with Gasteiger partial charge in [-0.1, -0.05) is 75.6 Å². The molecule has 2 rings (SSSR count). The van der Waals surface area contributed by atoms with Crippen LogP contribution in [-0.2, 0) is 6.67 Å². The van der Waals surface area contributed by atoms with Gasteiger partial charge in [0.15, 0.2) is 0 Å². The second-order valence-electron chi connectivity index (χ2n) is 6.06. The number of rotatable bonds is 12. The standard InChI is InChI=1S/C18H30N4/c1-2-3-4-5-6-7-8-9-12-15-19-16-22-18-14-11-10-13-17(18)20-21-22/h10-11,13-14,19H,2-9,12,15-16H2,1H3. The number of aromatic nitrogens is 3. The first-order chi connectivity index (χ1) is 10.9. The highest BCUT2D eigenvalue weighted by molar-refractivity contribution is 5.73. The summed E-state index contributed by atoms with van der Waals surface area (Å²) in [4.78, 5) is 0. The average molecular weight is 302 g/mol. The van der Waals surface area contributed by atoms with Crippen molar-refractivity contribution in [2.45, 2.75) is 71.4 Å². The van der Waals surface area contributed by atoms with Crippen LogP contribution in [0.3, 0.4) is 0 Å². The minimum absolute atomic E-state index is 0.748. The average Bonchev–Trinajstić information content (AvgIpc) is 2.96. The number of hydrogen-bond acceptors (Lipinski definition) is 3. The topological polar surface area (TPSA) is 42.7 Å². The van der Waals surface area contributed by atoms with Gasteiger partial charge >= 0.3 is 0 Å². The number of hydrogen-bond donors (Lipinski definition) is 1. The molecule has 4 heteroatoms. The van der Waals surface area contributed by atoms with E-state index in [4.69, 9.17) is 0 Å². The van der Waals surface area contributed by atoms with Crippen LogP contribution in [0, 0.1) is 0 Å². The van der Waals surface area contributed by atoms with Crippen molar-refractivity contribution in [1.82, 2.24) is 20.3 Å². The van der Waals surface area contributed by atoms with Crippen LogP contribution in [0.15, 0.2) is 24.3 Å². The molecule has 1 aromatic heterocycles. The van der Waals surface area contributed by atoms with Crippen LogP contribution in [0.2, 0.25) is 0 Å². The van der Waals surface area contributed by atoms with E-state index in [0.717, 1.165) is 24.2 Å². The van der Waals surface area contributed by atoms with Crippen molar-refractivity contribution in [3.05, 3.63) is 24.3 Å². The van der Waals surface area contributed by atoms with E-state index >= 15 is 0 Å². The summed E-state index contributed by atoms with van der Waals surface area (Å²) in [6.07, 6.45) is 12.4. The summed E-state index contributed by atoms with van der Waals surface area (Å²) in [5.41, 5.74) is 2.06. The van der Waals surface area contributed by atoms with Gasteiger partial charge in [-0.05, 0) is 25.1 Å². The second-order valence-corrected chi connectivity index (χ2v) is 6.06. The largest absolute Gasteiger partial charge is 0.298 e. The molecule has 0 aliphatic rings. The molecular formula is C18H30N4. The van der Waals surface area contributed by atoms with Crippen molar-refractivity contribution in [2.24, 2.45) is 0 Å². The molecule has 1 N–H and O–H groups in total. The molecule has 0 spiro atoms. The molecule has 0 unspecified atom stereocenters. The van der Waals surface area contributed by atoms with Gasteiger partial charge in [0.25, 0.3) is 0 Å². The van der Waals surface area contributed by atoms with Gasteiger partial charge in [-0.3, -0.25) is 5.32 Å². The van der Waals surface area contributed by atoms with Gasteiger partial charge in [-0.15, -0.1) is 5.10 Å². The maximum atomic E-state index is 4.18. The van der Waals surface area contributed by atoms with Crippen molar-refractivity contribution in [1.29, 1.82) is 0 Å². The smallest absolute Gasteiger partial charge is 0.113 e. The minimum Gasteiger partial charge on any atom is -0.298 e. The lowest BCUT2D eigenvalue weighted by atomic mass is 10.1. The Morgan fingerprint density at radius 3 is 2.36 bits per heavy atom. The van der Waals surface area contributed by atoms with E-state index in [9.17, 15) is 0 Å². The number of benzene rings is 1. The van der Waals surface area contributed by atoms with Crippen LogP contribution < -0.4 is 5.32 Å². The predicted octanol–water partition coefficient (Wildman–Crippen LogP) is 4.51. The summed E-state index contributed by atoms with van der Waals surface area (Å²) in [7, 11) is 0. The summed E-state index contributed by atoms with van der Waals surface area (Å²) in [6.45, 7) is 4.08. The van der Waals surface area contributed by atoms with Gasteiger partial charge in [-0.2, -0.15) is 0 Å². The fraction of sp³-hybridized carbons (Fsp3) is 0.667. The number of nitrogens with one attached hydrogen (secondary N) is 1. The van der Waals surface area contributed by atoms with Crippen molar-refractivity contribution in [3.63, 3.8) is 0 Å². The van der Waals surface area contributed by atoms with Gasteiger partial charge in [0.05, 0.1) is 12.2 Å². The third kappa shape index (κ3) is 5.76. The Morgan fingerprint density at radius 1 is 0.909 bits per heavy atom. The number of nitrogens with zero attached hydrogens (tertiary/aromatic N) is 3. The Kier molecular flexibility index (Phi) is 7.96. The van der Waals surface area contributed by atoms with Crippen LogP contribution in [0.1, 0.15) is 64.7 Å². The van der Waals surface area contributed by atoms with Crippen LogP contribution in [0.5, 0.6) is 0 Å². The van der Waals surface area contributed by atoms with Gasteiger partial charge in [0.2, 0.25) is 0 Å². The zero-order valence-corrected chi connectivity index (χ0v) is 13.9. The monoisotopic (exact) mass is 302 g/mol. The molecule has 0 amide bonds. The van der Waals surface area contributed by atoms with E-state index in [2.05, 4.69) is 28.6 Å². The zero-order chi connectivity index (χ0) is 15.5. The lowest BCUT2D eigenvalue weighted by Gasteiger charge is -2.05. The highest BCUT2D eigenvalue weighted by Crippen LogP contribution is 2.10. The maximum absolute atomic E-state index is 4.18. The Balaban J connectivity index is 1.48. The van der Waals surface area contributed by atoms with Crippen LogP contribution in [0.4, 0.5) is 0 Å². The first kappa shape index (κ1) is 16.9. The van der Waals surface area contributed by atoms with E-state index < -0.39 is 0 Å². The molecular weight excluding hydrogens is 272 g/mol. The normalized spacial score (nSPS) is 11.3. The molecule has 0 saturated heterocycles. The van der Waals surface area contributed by atoms with Crippen molar-refractivity contribution < 1.29 is 0 Å². The van der Waals surface area contributed by atoms with Crippen LogP contribution in [-0.4, -0.2) is 21.5 Å². The highest BCUT2D eigenvalue weighted by Gasteiger charge is 2.01. The van der Waals surface area contributed by atoms with Crippen LogP contribution >= 0.6 is 0 Å². The number of fused-ring (bicyclic) bond motifs is 1. The molecule has 0 aliphatic carbocycles. The lowest BCUT2D eigenvalue weighted by Crippen LogP contribution is -2.20. The maximum Gasteiger partial charge on any atom is 0.113 e. The summed E-state index contributed by atoms with van der Waals surface area (Å²) >= 11 is 0. The second kappa shape index (κ2) is 10.3. The molecule has 0 aliphatic heterocycles. The first-order valence-electron chi connectivity index (χ1n) is 8.91. The quantitative estimate of drug-likeness (QED) is 0.587. The summed E-state index contributed by atoms with van der Waals surface area (Å²) < 4.78 is 1.93. The van der Waals surface area contributed by atoms with Crippen molar-refractivity contribution in [3.8, 4) is 0 Å². The van der Waals surface area contributed by atoms with E-state index in [1.165, 1.54) is 57.8 Å². The molecule has 22 heavy (non-hydrogen) atoms. The molecule has 122 valence electrons. The molecule has 4 nitrogen and oxygen atoms in total. The van der Waals surface area contributed by atoms with Gasteiger partial charge in [0, 0.05) is 0 Å². The molecule has 0 fully saturated rings. The van der Waals surface area contributed by atoms with Crippen molar-refractivity contribution in [2.75, 3.05) is 6.54 Å². The Morgan fingerprint density at radius 2 is 1.59 bits per heavy atom. The predicted molar refractivity (Wildman–Crippen MR) is 92.8 cm³/mol. The van der Waals surface area contributed by atoms with E-state index in [0.29, 0.717) is 0 Å². The zero-order valence-electron chi connectivity index (χ0n) is 13.9. The minimum atomic E-state index is 0.748. The highest BCUT2D eigenvalue weighted by atomic mass is 15.4. The summed E-state index contributed by atoms with van der Waals surface area (Å²) in [6, 6.07) is 8.09. The summed E-state index contributed by atoms with van der Waals surface area (Å²) in [5.74, 6) is 0. The van der Waals surface area contributed by atoms with E-state index in [-0.39, 0.29) is 0 Å². The molecule has 1 heterocycles. The van der Waals surface area contributed by atoms with Gasteiger partial charge in [0.1, 0.15) is 5.52 Å². The molecule has 2 aromatic rings. The molecule has 1 aromatic carbocycles. The fourth-order valence-corrected chi connectivity index (χ4v) is 2.78. The van der Waals surface area contributed by atoms with Gasteiger partial charge in [-0.25, -0.2) is 4.68 Å². The fourth-order valence-electron chi connectivity index (χ4n) is 2.78. The first-order valence-corrected chi connectivity index (χ1v) is 8.91. The Labute approximate surface area is 134 Å². The number of unbranched alkanes of at least 4 members (excludes halogenated alkanes) is 8. The van der Waals surface area contributed by atoms with E-state index in [1.807, 2.05) is 22.9 Å². The number of para-hydroxylation sites is 1.